The van der Waals surface area contributed by atoms with Crippen LogP contribution in [0.25, 0.3) is 0 Å². The van der Waals surface area contributed by atoms with Crippen molar-refractivity contribution in [1.82, 2.24) is 0 Å². The van der Waals surface area contributed by atoms with Gasteiger partial charge in [-0.05, 0) is 24.8 Å². The summed E-state index contributed by atoms with van der Waals surface area (Å²) >= 11 is 1.49. The molecule has 0 bridgehead atoms. The lowest BCUT2D eigenvalue weighted by Crippen LogP contribution is -2.05. The Morgan fingerprint density at radius 2 is 2.20 bits per heavy atom. The second-order valence-electron chi connectivity index (χ2n) is 2.81. The van der Waals surface area contributed by atoms with Gasteiger partial charge in [0.1, 0.15) is 11.3 Å². The van der Waals surface area contributed by atoms with E-state index >= 15 is 0 Å². The number of esters is 1. The van der Waals surface area contributed by atoms with Crippen molar-refractivity contribution in [3.05, 3.63) is 23.8 Å². The number of phenols is 1. The number of benzene rings is 1. The first-order chi connectivity index (χ1) is 7.20. The summed E-state index contributed by atoms with van der Waals surface area (Å²) in [6.45, 7) is 4.03. The molecule has 1 N–H and O–H groups in total. The van der Waals surface area contributed by atoms with Crippen molar-refractivity contribution in [1.29, 1.82) is 0 Å². The number of ether oxygens (including phenoxy) is 1. The monoisotopic (exact) mass is 226 g/mol. The highest BCUT2D eigenvalue weighted by Crippen LogP contribution is 2.31. The Morgan fingerprint density at radius 1 is 1.47 bits per heavy atom. The lowest BCUT2D eigenvalue weighted by molar-refractivity contribution is 0.0522. The first-order valence-corrected chi connectivity index (χ1v) is 5.81. The van der Waals surface area contributed by atoms with Gasteiger partial charge in [0.2, 0.25) is 0 Å². The van der Waals surface area contributed by atoms with E-state index in [1.807, 2.05) is 6.92 Å². The quantitative estimate of drug-likeness (QED) is 0.633. The van der Waals surface area contributed by atoms with Crippen LogP contribution in [0.5, 0.6) is 5.75 Å². The van der Waals surface area contributed by atoms with Gasteiger partial charge in [-0.1, -0.05) is 13.0 Å². The summed E-state index contributed by atoms with van der Waals surface area (Å²) in [5.41, 5.74) is 0.232. The number of rotatable bonds is 4. The summed E-state index contributed by atoms with van der Waals surface area (Å²) in [6, 6.07) is 5.09. The molecule has 0 atom stereocenters. The van der Waals surface area contributed by atoms with Crippen LogP contribution in [-0.2, 0) is 4.74 Å². The van der Waals surface area contributed by atoms with Crippen LogP contribution in [0, 0.1) is 0 Å². The van der Waals surface area contributed by atoms with Gasteiger partial charge in [-0.15, -0.1) is 11.8 Å². The molecule has 0 aliphatic rings. The van der Waals surface area contributed by atoms with Crippen molar-refractivity contribution in [2.75, 3.05) is 12.4 Å². The average Bonchev–Trinajstić information content (AvgIpc) is 2.22. The SMILES string of the molecule is CCOC(=O)c1cccc(SCC)c1O. The molecule has 0 fully saturated rings. The summed E-state index contributed by atoms with van der Waals surface area (Å²) in [6.07, 6.45) is 0. The smallest absolute Gasteiger partial charge is 0.341 e. The molecule has 3 nitrogen and oxygen atoms in total. The first-order valence-electron chi connectivity index (χ1n) is 4.82. The van der Waals surface area contributed by atoms with Gasteiger partial charge in [0.25, 0.3) is 0 Å². The third-order valence-electron chi connectivity index (χ3n) is 1.79. The molecule has 0 unspecified atom stereocenters. The zero-order valence-electron chi connectivity index (χ0n) is 8.82. The molecule has 0 aliphatic heterocycles. The highest BCUT2D eigenvalue weighted by atomic mass is 32.2. The Hall–Kier alpha value is -1.16. The number of thioether (sulfide) groups is 1. The molecular weight excluding hydrogens is 212 g/mol. The molecule has 0 aliphatic carbocycles. The summed E-state index contributed by atoms with van der Waals surface area (Å²) in [5, 5.41) is 9.80. The second-order valence-corrected chi connectivity index (χ2v) is 4.11. The molecule has 15 heavy (non-hydrogen) atoms. The van der Waals surface area contributed by atoms with Crippen LogP contribution in [-0.4, -0.2) is 23.4 Å². The molecule has 1 aromatic carbocycles. The zero-order chi connectivity index (χ0) is 11.3. The van der Waals surface area contributed by atoms with Gasteiger partial charge in [0.15, 0.2) is 0 Å². The molecule has 0 heterocycles. The van der Waals surface area contributed by atoms with Crippen LogP contribution in [0.4, 0.5) is 0 Å². The number of hydrogen-bond donors (Lipinski definition) is 1. The lowest BCUT2D eigenvalue weighted by atomic mass is 10.2. The van der Waals surface area contributed by atoms with Crippen LogP contribution >= 0.6 is 11.8 Å². The third kappa shape index (κ3) is 2.89. The van der Waals surface area contributed by atoms with E-state index in [1.54, 1.807) is 25.1 Å². The van der Waals surface area contributed by atoms with E-state index in [4.69, 9.17) is 4.74 Å². The average molecular weight is 226 g/mol. The largest absolute Gasteiger partial charge is 0.506 e. The van der Waals surface area contributed by atoms with Gasteiger partial charge in [0, 0.05) is 4.90 Å². The fourth-order valence-electron chi connectivity index (χ4n) is 1.17. The van der Waals surface area contributed by atoms with Crippen molar-refractivity contribution >= 4 is 17.7 Å². The minimum Gasteiger partial charge on any atom is -0.506 e. The summed E-state index contributed by atoms with van der Waals surface area (Å²) in [7, 11) is 0. The minimum absolute atomic E-state index is 0.0165. The van der Waals surface area contributed by atoms with Crippen LogP contribution in [0.3, 0.4) is 0 Å². The molecule has 1 aromatic rings. The minimum atomic E-state index is -0.478. The predicted molar refractivity (Wildman–Crippen MR) is 60.5 cm³/mol. The van der Waals surface area contributed by atoms with Crippen LogP contribution in [0.2, 0.25) is 0 Å². The van der Waals surface area contributed by atoms with E-state index in [2.05, 4.69) is 0 Å². The fourth-order valence-corrected chi connectivity index (χ4v) is 1.90. The maximum absolute atomic E-state index is 11.4. The number of carbonyl (C=O) groups is 1. The van der Waals surface area contributed by atoms with Crippen LogP contribution in [0.15, 0.2) is 23.1 Å². The maximum Gasteiger partial charge on any atom is 0.341 e. The second kappa shape index (κ2) is 5.66. The molecule has 82 valence electrons. The molecule has 4 heteroatoms. The number of aromatic hydroxyl groups is 1. The van der Waals surface area contributed by atoms with E-state index in [1.165, 1.54) is 11.8 Å². The molecule has 0 spiro atoms. The van der Waals surface area contributed by atoms with Crippen molar-refractivity contribution in [2.24, 2.45) is 0 Å². The predicted octanol–water partition coefficient (Wildman–Crippen LogP) is 2.68. The molecule has 0 amide bonds. The van der Waals surface area contributed by atoms with Crippen molar-refractivity contribution in [3.8, 4) is 5.75 Å². The number of carbonyl (C=O) groups excluding carboxylic acids is 1. The maximum atomic E-state index is 11.4. The number of hydrogen-bond acceptors (Lipinski definition) is 4. The summed E-state index contributed by atoms with van der Waals surface area (Å²) in [5.74, 6) is 0.385. The van der Waals surface area contributed by atoms with Crippen LogP contribution < -0.4 is 0 Å². The standard InChI is InChI=1S/C11H14O3S/c1-3-14-11(13)8-6-5-7-9(10(8)12)15-4-2/h5-7,12H,3-4H2,1-2H3. The Bertz CT molecular complexity index is 350. The van der Waals surface area contributed by atoms with Gasteiger partial charge in [-0.25, -0.2) is 4.79 Å². The first kappa shape index (κ1) is 11.9. The van der Waals surface area contributed by atoms with E-state index in [-0.39, 0.29) is 11.3 Å². The normalized spacial score (nSPS) is 10.0. The summed E-state index contributed by atoms with van der Waals surface area (Å²) < 4.78 is 4.83. The highest BCUT2D eigenvalue weighted by Gasteiger charge is 2.14. The Labute approximate surface area is 93.4 Å². The molecule has 0 saturated heterocycles. The van der Waals surface area contributed by atoms with Gasteiger partial charge in [-0.2, -0.15) is 0 Å². The van der Waals surface area contributed by atoms with E-state index in [0.29, 0.717) is 11.5 Å². The van der Waals surface area contributed by atoms with Crippen molar-refractivity contribution in [2.45, 2.75) is 18.7 Å². The molecule has 0 saturated carbocycles. The molecule has 1 rings (SSSR count). The number of phenolic OH excluding ortho intramolecular Hbond substituents is 1. The Morgan fingerprint density at radius 3 is 2.80 bits per heavy atom. The van der Waals surface area contributed by atoms with Crippen molar-refractivity contribution < 1.29 is 14.6 Å². The molecule has 0 aromatic heterocycles. The van der Waals surface area contributed by atoms with E-state index in [9.17, 15) is 9.90 Å². The Balaban J connectivity index is 2.98. The summed E-state index contributed by atoms with van der Waals surface area (Å²) in [4.78, 5) is 12.1. The fraction of sp³-hybridized carbons (Fsp3) is 0.364. The van der Waals surface area contributed by atoms with Gasteiger partial charge >= 0.3 is 5.97 Å². The van der Waals surface area contributed by atoms with Crippen molar-refractivity contribution in [3.63, 3.8) is 0 Å². The van der Waals surface area contributed by atoms with E-state index < -0.39 is 5.97 Å². The zero-order valence-corrected chi connectivity index (χ0v) is 9.63. The highest BCUT2D eigenvalue weighted by molar-refractivity contribution is 7.99. The number of para-hydroxylation sites is 1. The van der Waals surface area contributed by atoms with Gasteiger partial charge in [-0.3, -0.25) is 0 Å². The third-order valence-corrected chi connectivity index (χ3v) is 2.72. The van der Waals surface area contributed by atoms with Gasteiger partial charge in [0.05, 0.1) is 6.61 Å². The molecular formula is C11H14O3S. The van der Waals surface area contributed by atoms with E-state index in [0.717, 1.165) is 5.75 Å². The topological polar surface area (TPSA) is 46.5 Å². The lowest BCUT2D eigenvalue weighted by Gasteiger charge is -2.07. The molecule has 0 radical (unpaired) electrons. The Kier molecular flexibility index (Phi) is 4.49. The van der Waals surface area contributed by atoms with Gasteiger partial charge < -0.3 is 9.84 Å². The van der Waals surface area contributed by atoms with Crippen LogP contribution in [0.1, 0.15) is 24.2 Å².